The average molecular weight is 188 g/mol. The molecule has 0 radical (unpaired) electrons. The van der Waals surface area contributed by atoms with Gasteiger partial charge in [0.15, 0.2) is 0 Å². The summed E-state index contributed by atoms with van der Waals surface area (Å²) in [7, 11) is 0. The van der Waals surface area contributed by atoms with E-state index < -0.39 is 0 Å². The van der Waals surface area contributed by atoms with Gasteiger partial charge in [0.25, 0.3) is 0 Å². The standard InChI is InChI=1S/C12H16N2/c13-12(10-5-2-1-3-6-10)11-7-4-8-14-9-11/h4-5,7-9,12H,1-3,6,13H2. The second kappa shape index (κ2) is 4.38. The molecule has 0 saturated carbocycles. The van der Waals surface area contributed by atoms with Crippen LogP contribution in [0, 0.1) is 0 Å². The van der Waals surface area contributed by atoms with Crippen LogP contribution in [0.5, 0.6) is 0 Å². The maximum Gasteiger partial charge on any atom is 0.0526 e. The zero-order valence-corrected chi connectivity index (χ0v) is 8.32. The summed E-state index contributed by atoms with van der Waals surface area (Å²) in [5.41, 5.74) is 8.67. The summed E-state index contributed by atoms with van der Waals surface area (Å²) >= 11 is 0. The molecule has 2 heteroatoms. The lowest BCUT2D eigenvalue weighted by Gasteiger charge is -2.19. The number of allylic oxidation sites excluding steroid dienone is 1. The van der Waals surface area contributed by atoms with Gasteiger partial charge in [-0.05, 0) is 37.3 Å². The lowest BCUT2D eigenvalue weighted by Crippen LogP contribution is -2.14. The Morgan fingerprint density at radius 3 is 2.93 bits per heavy atom. The van der Waals surface area contributed by atoms with Crippen LogP contribution < -0.4 is 5.73 Å². The summed E-state index contributed by atoms with van der Waals surface area (Å²) in [4.78, 5) is 4.09. The van der Waals surface area contributed by atoms with Crippen LogP contribution in [0.4, 0.5) is 0 Å². The van der Waals surface area contributed by atoms with Crippen molar-refractivity contribution in [2.24, 2.45) is 5.73 Å². The van der Waals surface area contributed by atoms with Crippen LogP contribution in [0.2, 0.25) is 0 Å². The summed E-state index contributed by atoms with van der Waals surface area (Å²) in [5, 5.41) is 0. The molecular formula is C12H16N2. The highest BCUT2D eigenvalue weighted by Gasteiger charge is 2.13. The highest BCUT2D eigenvalue weighted by atomic mass is 14.7. The Bertz CT molecular complexity index is 316. The normalized spacial score (nSPS) is 18.8. The number of hydrogen-bond acceptors (Lipinski definition) is 2. The molecule has 0 fully saturated rings. The van der Waals surface area contributed by atoms with E-state index >= 15 is 0 Å². The molecule has 1 heterocycles. The second-order valence-corrected chi connectivity index (χ2v) is 3.79. The Labute approximate surface area is 84.9 Å². The van der Waals surface area contributed by atoms with E-state index in [1.165, 1.54) is 24.8 Å². The molecule has 1 unspecified atom stereocenters. The molecular weight excluding hydrogens is 172 g/mol. The molecule has 1 aromatic heterocycles. The zero-order valence-electron chi connectivity index (χ0n) is 8.32. The third-order valence-electron chi connectivity index (χ3n) is 2.77. The maximum atomic E-state index is 6.16. The second-order valence-electron chi connectivity index (χ2n) is 3.79. The van der Waals surface area contributed by atoms with Gasteiger partial charge in [0.05, 0.1) is 6.04 Å². The molecule has 0 amide bonds. The molecule has 1 aliphatic rings. The Balaban J connectivity index is 2.15. The molecule has 2 rings (SSSR count). The van der Waals surface area contributed by atoms with Gasteiger partial charge in [-0.2, -0.15) is 0 Å². The molecule has 0 spiro atoms. The van der Waals surface area contributed by atoms with Crippen molar-refractivity contribution < 1.29 is 0 Å². The molecule has 1 aromatic rings. The van der Waals surface area contributed by atoms with Gasteiger partial charge in [0, 0.05) is 12.4 Å². The largest absolute Gasteiger partial charge is 0.320 e. The average Bonchev–Trinajstić information content (AvgIpc) is 2.30. The first kappa shape index (κ1) is 9.41. The van der Waals surface area contributed by atoms with Crippen LogP contribution >= 0.6 is 0 Å². The van der Waals surface area contributed by atoms with Gasteiger partial charge in [0.1, 0.15) is 0 Å². The highest BCUT2D eigenvalue weighted by molar-refractivity contribution is 5.25. The fourth-order valence-electron chi connectivity index (χ4n) is 1.92. The van der Waals surface area contributed by atoms with Gasteiger partial charge in [-0.15, -0.1) is 0 Å². The Hall–Kier alpha value is -1.15. The number of aromatic nitrogens is 1. The molecule has 0 aromatic carbocycles. The van der Waals surface area contributed by atoms with Crippen molar-refractivity contribution in [2.45, 2.75) is 31.7 Å². The minimum absolute atomic E-state index is 0.0593. The first-order valence-electron chi connectivity index (χ1n) is 5.22. The summed E-state index contributed by atoms with van der Waals surface area (Å²) in [6.07, 6.45) is 10.9. The third-order valence-corrected chi connectivity index (χ3v) is 2.77. The van der Waals surface area contributed by atoms with Crippen molar-refractivity contribution >= 4 is 0 Å². The molecule has 1 aliphatic carbocycles. The van der Waals surface area contributed by atoms with E-state index in [1.807, 2.05) is 18.3 Å². The first-order chi connectivity index (χ1) is 6.88. The van der Waals surface area contributed by atoms with Crippen molar-refractivity contribution in [3.8, 4) is 0 Å². The van der Waals surface area contributed by atoms with Gasteiger partial charge in [0.2, 0.25) is 0 Å². The molecule has 2 N–H and O–H groups in total. The SMILES string of the molecule is NC(C1=CCCCC1)c1cccnc1. The quantitative estimate of drug-likeness (QED) is 0.724. The van der Waals surface area contributed by atoms with Crippen molar-refractivity contribution in [3.05, 3.63) is 41.7 Å². The summed E-state index contributed by atoms with van der Waals surface area (Å²) in [6, 6.07) is 4.05. The molecule has 1 atom stereocenters. The summed E-state index contributed by atoms with van der Waals surface area (Å²) in [6.45, 7) is 0. The van der Waals surface area contributed by atoms with Gasteiger partial charge in [-0.3, -0.25) is 4.98 Å². The molecule has 0 saturated heterocycles. The number of nitrogens with two attached hydrogens (primary N) is 1. The lowest BCUT2D eigenvalue weighted by atomic mass is 9.91. The minimum Gasteiger partial charge on any atom is -0.320 e. The smallest absolute Gasteiger partial charge is 0.0526 e. The van der Waals surface area contributed by atoms with Crippen LogP contribution in [0.1, 0.15) is 37.3 Å². The predicted octanol–water partition coefficient (Wildman–Crippen LogP) is 2.58. The Morgan fingerprint density at radius 2 is 2.29 bits per heavy atom. The maximum absolute atomic E-state index is 6.16. The number of nitrogens with zero attached hydrogens (tertiary/aromatic N) is 1. The van der Waals surface area contributed by atoms with Crippen molar-refractivity contribution in [1.82, 2.24) is 4.98 Å². The Kier molecular flexibility index (Phi) is 2.94. The number of rotatable bonds is 2. The van der Waals surface area contributed by atoms with Crippen LogP contribution in [-0.2, 0) is 0 Å². The minimum atomic E-state index is 0.0593. The van der Waals surface area contributed by atoms with Gasteiger partial charge < -0.3 is 5.73 Å². The van der Waals surface area contributed by atoms with E-state index in [9.17, 15) is 0 Å². The van der Waals surface area contributed by atoms with E-state index in [0.717, 1.165) is 12.0 Å². The molecule has 0 bridgehead atoms. The van der Waals surface area contributed by atoms with Crippen LogP contribution in [0.25, 0.3) is 0 Å². The lowest BCUT2D eigenvalue weighted by molar-refractivity contribution is 0.647. The van der Waals surface area contributed by atoms with E-state index in [1.54, 1.807) is 6.20 Å². The van der Waals surface area contributed by atoms with Crippen LogP contribution in [-0.4, -0.2) is 4.98 Å². The Morgan fingerprint density at radius 1 is 1.36 bits per heavy atom. The predicted molar refractivity (Wildman–Crippen MR) is 57.7 cm³/mol. The highest BCUT2D eigenvalue weighted by Crippen LogP contribution is 2.27. The zero-order chi connectivity index (χ0) is 9.80. The topological polar surface area (TPSA) is 38.9 Å². The van der Waals surface area contributed by atoms with E-state index in [4.69, 9.17) is 5.73 Å². The van der Waals surface area contributed by atoms with E-state index in [-0.39, 0.29) is 6.04 Å². The number of pyridine rings is 1. The third kappa shape index (κ3) is 2.02. The molecule has 2 nitrogen and oxygen atoms in total. The molecule has 74 valence electrons. The molecule has 0 aliphatic heterocycles. The monoisotopic (exact) mass is 188 g/mol. The van der Waals surface area contributed by atoms with Crippen molar-refractivity contribution in [1.29, 1.82) is 0 Å². The first-order valence-corrected chi connectivity index (χ1v) is 5.22. The fraction of sp³-hybridized carbons (Fsp3) is 0.417. The number of hydrogen-bond donors (Lipinski definition) is 1. The van der Waals surface area contributed by atoms with E-state index in [2.05, 4.69) is 11.1 Å². The van der Waals surface area contributed by atoms with Crippen molar-refractivity contribution in [3.63, 3.8) is 0 Å². The fourth-order valence-corrected chi connectivity index (χ4v) is 1.92. The van der Waals surface area contributed by atoms with Crippen molar-refractivity contribution in [2.75, 3.05) is 0 Å². The van der Waals surface area contributed by atoms with E-state index in [0.29, 0.717) is 0 Å². The summed E-state index contributed by atoms with van der Waals surface area (Å²) in [5.74, 6) is 0. The van der Waals surface area contributed by atoms with Crippen LogP contribution in [0.15, 0.2) is 36.2 Å². The van der Waals surface area contributed by atoms with Gasteiger partial charge >= 0.3 is 0 Å². The van der Waals surface area contributed by atoms with Gasteiger partial charge in [-0.1, -0.05) is 17.7 Å². The molecule has 14 heavy (non-hydrogen) atoms. The summed E-state index contributed by atoms with van der Waals surface area (Å²) < 4.78 is 0. The van der Waals surface area contributed by atoms with Crippen LogP contribution in [0.3, 0.4) is 0 Å². The van der Waals surface area contributed by atoms with Gasteiger partial charge in [-0.25, -0.2) is 0 Å².